The zero-order valence-corrected chi connectivity index (χ0v) is 19.6. The molecule has 2 aromatic rings. The molecule has 0 saturated carbocycles. The molecule has 160 valence electrons. The maximum absolute atomic E-state index is 12.8. The van der Waals surface area contributed by atoms with Gasteiger partial charge in [0.25, 0.3) is 0 Å². The molecule has 0 saturated heterocycles. The second-order valence-corrected chi connectivity index (χ2v) is 11.2. The number of benzene rings is 2. The highest BCUT2D eigenvalue weighted by Crippen LogP contribution is 2.51. The Bertz CT molecular complexity index is 1090. The van der Waals surface area contributed by atoms with Crippen LogP contribution in [0.3, 0.4) is 0 Å². The average Bonchev–Trinajstić information content (AvgIpc) is 3.21. The van der Waals surface area contributed by atoms with E-state index in [-0.39, 0.29) is 17.7 Å². The summed E-state index contributed by atoms with van der Waals surface area (Å²) in [4.78, 5) is 0.466. The molecule has 0 bridgehead atoms. The van der Waals surface area contributed by atoms with E-state index in [1.54, 1.807) is 6.07 Å². The second kappa shape index (κ2) is 7.88. The Morgan fingerprint density at radius 1 is 1.03 bits per heavy atom. The van der Waals surface area contributed by atoms with Crippen molar-refractivity contribution in [1.82, 2.24) is 0 Å². The first-order chi connectivity index (χ1) is 14.2. The molecule has 1 aliphatic heterocycles. The standard InChI is InChI=1S/C26H33NO2S/c1-6-7-13-30(28,29)20-11-12-24-23(15-20)21-9-8-10-22(21)26(27-24)25-18(4)16(2)14-17(3)19(25)5/h8-9,11-12,14-15,21-22,26-27H,6-7,10,13H2,1-5H3/t21-,22+,26+/m0/s1. The van der Waals surface area contributed by atoms with Crippen molar-refractivity contribution in [3.63, 3.8) is 0 Å². The minimum atomic E-state index is -3.23. The summed E-state index contributed by atoms with van der Waals surface area (Å²) in [6.45, 7) is 10.9. The summed E-state index contributed by atoms with van der Waals surface area (Å²) in [5.41, 5.74) is 9.01. The molecule has 0 radical (unpaired) electrons. The SMILES string of the molecule is CCCCS(=O)(=O)c1ccc2c(c1)[C@H]1C=CC[C@H]1[C@H](c1c(C)c(C)cc(C)c1C)N2. The molecular formula is C26H33NO2S. The van der Waals surface area contributed by atoms with Crippen molar-refractivity contribution >= 4 is 15.5 Å². The number of sulfone groups is 1. The fraction of sp³-hybridized carbons (Fsp3) is 0.462. The second-order valence-electron chi connectivity index (χ2n) is 9.07. The van der Waals surface area contributed by atoms with E-state index in [2.05, 4.69) is 51.2 Å². The van der Waals surface area contributed by atoms with Crippen molar-refractivity contribution in [1.29, 1.82) is 0 Å². The van der Waals surface area contributed by atoms with E-state index in [1.165, 1.54) is 27.8 Å². The van der Waals surface area contributed by atoms with E-state index in [0.29, 0.717) is 17.2 Å². The van der Waals surface area contributed by atoms with Crippen LogP contribution in [0.2, 0.25) is 0 Å². The highest BCUT2D eigenvalue weighted by Gasteiger charge is 2.39. The summed E-state index contributed by atoms with van der Waals surface area (Å²) < 4.78 is 25.6. The number of allylic oxidation sites excluding steroid dienone is 2. The summed E-state index contributed by atoms with van der Waals surface area (Å²) in [5, 5.41) is 3.81. The Morgan fingerprint density at radius 2 is 1.73 bits per heavy atom. The van der Waals surface area contributed by atoms with E-state index < -0.39 is 9.84 Å². The Morgan fingerprint density at radius 3 is 2.40 bits per heavy atom. The minimum Gasteiger partial charge on any atom is -0.378 e. The number of aryl methyl sites for hydroxylation is 2. The van der Waals surface area contributed by atoms with Gasteiger partial charge in [0.2, 0.25) is 0 Å². The molecule has 0 aromatic heterocycles. The number of anilines is 1. The topological polar surface area (TPSA) is 46.2 Å². The largest absolute Gasteiger partial charge is 0.378 e. The van der Waals surface area contributed by atoms with Gasteiger partial charge in [-0.3, -0.25) is 0 Å². The molecule has 2 aliphatic rings. The first-order valence-corrected chi connectivity index (χ1v) is 12.8. The van der Waals surface area contributed by atoms with Crippen LogP contribution < -0.4 is 5.32 Å². The van der Waals surface area contributed by atoms with Crippen LogP contribution in [0.1, 0.15) is 71.5 Å². The normalized spacial score (nSPS) is 22.5. The van der Waals surface area contributed by atoms with Gasteiger partial charge in [-0.2, -0.15) is 0 Å². The molecule has 0 amide bonds. The number of unbranched alkanes of at least 4 members (excludes halogenated alkanes) is 1. The molecule has 3 nitrogen and oxygen atoms in total. The number of nitrogens with one attached hydrogen (secondary N) is 1. The number of hydrogen-bond acceptors (Lipinski definition) is 3. The number of hydrogen-bond donors (Lipinski definition) is 1. The number of rotatable bonds is 5. The van der Waals surface area contributed by atoms with Crippen LogP contribution in [0.25, 0.3) is 0 Å². The molecule has 4 rings (SSSR count). The van der Waals surface area contributed by atoms with Gasteiger partial charge < -0.3 is 5.32 Å². The lowest BCUT2D eigenvalue weighted by Crippen LogP contribution is -2.30. The quantitative estimate of drug-likeness (QED) is 0.572. The van der Waals surface area contributed by atoms with Gasteiger partial charge in [0.15, 0.2) is 9.84 Å². The van der Waals surface area contributed by atoms with Crippen molar-refractivity contribution in [2.75, 3.05) is 11.1 Å². The first-order valence-electron chi connectivity index (χ1n) is 11.1. The van der Waals surface area contributed by atoms with E-state index in [4.69, 9.17) is 0 Å². The molecule has 4 heteroatoms. The molecule has 2 aromatic carbocycles. The Labute approximate surface area is 181 Å². The average molecular weight is 424 g/mol. The van der Waals surface area contributed by atoms with Gasteiger partial charge in [-0.1, -0.05) is 31.6 Å². The van der Waals surface area contributed by atoms with Crippen LogP contribution in [0.4, 0.5) is 5.69 Å². The number of fused-ring (bicyclic) bond motifs is 3. The van der Waals surface area contributed by atoms with Crippen molar-refractivity contribution in [3.8, 4) is 0 Å². The highest BCUT2D eigenvalue weighted by atomic mass is 32.2. The fourth-order valence-electron chi connectivity index (χ4n) is 5.22. The van der Waals surface area contributed by atoms with Crippen molar-refractivity contribution in [2.45, 2.75) is 70.7 Å². The highest BCUT2D eigenvalue weighted by molar-refractivity contribution is 7.91. The molecule has 1 heterocycles. The monoisotopic (exact) mass is 423 g/mol. The predicted octanol–water partition coefficient (Wildman–Crippen LogP) is 6.32. The summed E-state index contributed by atoms with van der Waals surface area (Å²) in [5.74, 6) is 0.889. The van der Waals surface area contributed by atoms with Gasteiger partial charge in [-0.05, 0) is 98.0 Å². The van der Waals surface area contributed by atoms with Crippen LogP contribution in [-0.4, -0.2) is 14.2 Å². The molecule has 0 spiro atoms. The van der Waals surface area contributed by atoms with Crippen molar-refractivity contribution < 1.29 is 8.42 Å². The van der Waals surface area contributed by atoms with Crippen molar-refractivity contribution in [2.24, 2.45) is 5.92 Å². The van der Waals surface area contributed by atoms with E-state index in [9.17, 15) is 8.42 Å². The molecule has 0 unspecified atom stereocenters. The fourth-order valence-corrected chi connectivity index (χ4v) is 6.70. The maximum Gasteiger partial charge on any atom is 0.178 e. The van der Waals surface area contributed by atoms with Crippen LogP contribution in [0.15, 0.2) is 41.3 Å². The smallest absolute Gasteiger partial charge is 0.178 e. The Hall–Kier alpha value is -2.07. The van der Waals surface area contributed by atoms with E-state index >= 15 is 0 Å². The third-order valence-corrected chi connectivity index (χ3v) is 8.99. The van der Waals surface area contributed by atoms with Crippen LogP contribution in [0.5, 0.6) is 0 Å². The third kappa shape index (κ3) is 3.49. The summed E-state index contributed by atoms with van der Waals surface area (Å²) in [6.07, 6.45) is 7.16. The third-order valence-electron chi connectivity index (χ3n) is 7.20. The summed E-state index contributed by atoms with van der Waals surface area (Å²) >= 11 is 0. The van der Waals surface area contributed by atoms with Crippen LogP contribution >= 0.6 is 0 Å². The lowest BCUT2D eigenvalue weighted by Gasteiger charge is -2.39. The lowest BCUT2D eigenvalue weighted by molar-refractivity contribution is 0.422. The van der Waals surface area contributed by atoms with Gasteiger partial charge >= 0.3 is 0 Å². The molecule has 30 heavy (non-hydrogen) atoms. The minimum absolute atomic E-state index is 0.225. The van der Waals surface area contributed by atoms with Crippen molar-refractivity contribution in [3.05, 3.63) is 69.8 Å². The van der Waals surface area contributed by atoms with Gasteiger partial charge in [-0.15, -0.1) is 0 Å². The zero-order valence-electron chi connectivity index (χ0n) is 18.7. The molecule has 1 aliphatic carbocycles. The first kappa shape index (κ1) is 21.2. The summed E-state index contributed by atoms with van der Waals surface area (Å²) in [6, 6.07) is 8.21. The van der Waals surface area contributed by atoms with Crippen LogP contribution in [0, 0.1) is 33.6 Å². The molecule has 3 atom stereocenters. The molecule has 0 fully saturated rings. The maximum atomic E-state index is 12.8. The Kier molecular flexibility index (Phi) is 5.56. The zero-order chi connectivity index (χ0) is 21.6. The van der Waals surface area contributed by atoms with Gasteiger partial charge in [-0.25, -0.2) is 8.42 Å². The Balaban J connectivity index is 1.79. The molecule has 1 N–H and O–H groups in total. The van der Waals surface area contributed by atoms with Gasteiger partial charge in [0.1, 0.15) is 0 Å². The predicted molar refractivity (Wildman–Crippen MR) is 125 cm³/mol. The van der Waals surface area contributed by atoms with E-state index in [1.807, 2.05) is 19.1 Å². The van der Waals surface area contributed by atoms with Gasteiger partial charge in [0, 0.05) is 11.6 Å². The van der Waals surface area contributed by atoms with Gasteiger partial charge in [0.05, 0.1) is 16.7 Å². The lowest BCUT2D eigenvalue weighted by atomic mass is 9.74. The van der Waals surface area contributed by atoms with Crippen LogP contribution in [-0.2, 0) is 9.84 Å². The van der Waals surface area contributed by atoms with E-state index in [0.717, 1.165) is 24.1 Å². The summed E-state index contributed by atoms with van der Waals surface area (Å²) in [7, 11) is -3.23. The molecular weight excluding hydrogens is 390 g/mol.